The normalized spacial score (nSPS) is 10.9. The van der Waals surface area contributed by atoms with Crippen molar-refractivity contribution in [3.63, 3.8) is 0 Å². The second-order valence-electron chi connectivity index (χ2n) is 3.71. The molecular formula is C12H8ClN3O. The summed E-state index contributed by atoms with van der Waals surface area (Å²) in [5, 5.41) is 0.692. The molecule has 1 aromatic carbocycles. The van der Waals surface area contributed by atoms with Crippen LogP contribution in [0, 0.1) is 0 Å². The van der Waals surface area contributed by atoms with Crippen LogP contribution in [0.3, 0.4) is 0 Å². The lowest BCUT2D eigenvalue weighted by atomic mass is 10.1. The molecule has 0 bridgehead atoms. The molecule has 0 radical (unpaired) electrons. The monoisotopic (exact) mass is 245 g/mol. The van der Waals surface area contributed by atoms with E-state index >= 15 is 0 Å². The molecule has 0 saturated carbocycles. The minimum atomic E-state index is -0.249. The Morgan fingerprint density at radius 1 is 1.06 bits per heavy atom. The number of nitrogens with zero attached hydrogens (tertiary/aromatic N) is 1. The quantitative estimate of drug-likeness (QED) is 0.692. The van der Waals surface area contributed by atoms with E-state index in [1.54, 1.807) is 6.20 Å². The topological polar surface area (TPSA) is 61.5 Å². The van der Waals surface area contributed by atoms with E-state index in [0.717, 1.165) is 11.1 Å². The molecule has 0 aliphatic rings. The Labute approximate surface area is 101 Å². The number of imidazole rings is 1. The number of H-pyrrole nitrogens is 2. The molecule has 3 aromatic rings. The summed E-state index contributed by atoms with van der Waals surface area (Å²) >= 11 is 5.83. The number of pyridine rings is 1. The maximum absolute atomic E-state index is 11.1. The third-order valence-corrected chi connectivity index (χ3v) is 2.80. The van der Waals surface area contributed by atoms with Gasteiger partial charge in [-0.25, -0.2) is 9.78 Å². The van der Waals surface area contributed by atoms with Crippen molar-refractivity contribution < 1.29 is 0 Å². The van der Waals surface area contributed by atoms with Crippen molar-refractivity contribution >= 4 is 22.8 Å². The third-order valence-electron chi connectivity index (χ3n) is 2.55. The molecular weight excluding hydrogens is 238 g/mol. The van der Waals surface area contributed by atoms with Crippen LogP contribution in [0.2, 0.25) is 5.02 Å². The lowest BCUT2D eigenvalue weighted by Crippen LogP contribution is -1.99. The van der Waals surface area contributed by atoms with Crippen molar-refractivity contribution in [2.24, 2.45) is 0 Å². The Kier molecular flexibility index (Phi) is 2.23. The van der Waals surface area contributed by atoms with E-state index in [9.17, 15) is 4.79 Å². The van der Waals surface area contributed by atoms with E-state index < -0.39 is 0 Å². The molecule has 2 heterocycles. The third kappa shape index (κ3) is 1.83. The summed E-state index contributed by atoms with van der Waals surface area (Å²) in [7, 11) is 0. The van der Waals surface area contributed by atoms with Gasteiger partial charge in [0.1, 0.15) is 0 Å². The maximum atomic E-state index is 11.1. The Balaban J connectivity index is 2.17. The number of aromatic amines is 2. The average Bonchev–Trinajstić information content (AvgIpc) is 2.69. The average molecular weight is 246 g/mol. The first-order valence-corrected chi connectivity index (χ1v) is 5.44. The van der Waals surface area contributed by atoms with Gasteiger partial charge in [0.25, 0.3) is 0 Å². The molecule has 0 saturated heterocycles. The number of aromatic nitrogens is 3. The number of hydrogen-bond donors (Lipinski definition) is 2. The van der Waals surface area contributed by atoms with E-state index in [0.29, 0.717) is 16.2 Å². The van der Waals surface area contributed by atoms with Gasteiger partial charge < -0.3 is 4.98 Å². The van der Waals surface area contributed by atoms with Gasteiger partial charge in [-0.05, 0) is 23.8 Å². The van der Waals surface area contributed by atoms with Crippen LogP contribution in [-0.2, 0) is 0 Å². The minimum Gasteiger partial charge on any atom is -0.304 e. The van der Waals surface area contributed by atoms with Crippen LogP contribution in [0.25, 0.3) is 22.3 Å². The SMILES string of the molecule is O=c1[nH]c2cc(-c3ccc(Cl)cc3)cnc2[nH]1. The predicted molar refractivity (Wildman–Crippen MR) is 67.2 cm³/mol. The van der Waals surface area contributed by atoms with Crippen LogP contribution >= 0.6 is 11.6 Å². The van der Waals surface area contributed by atoms with Gasteiger partial charge in [-0.15, -0.1) is 0 Å². The Morgan fingerprint density at radius 2 is 1.82 bits per heavy atom. The minimum absolute atomic E-state index is 0.249. The standard InChI is InChI=1S/C12H8ClN3O/c13-9-3-1-7(2-4-9)8-5-10-11(14-6-8)16-12(17)15-10/h1-6H,(H2,14,15,16,17). The number of benzene rings is 1. The van der Waals surface area contributed by atoms with Crippen LogP contribution in [-0.4, -0.2) is 15.0 Å². The summed E-state index contributed by atoms with van der Waals surface area (Å²) < 4.78 is 0. The number of rotatable bonds is 1. The molecule has 2 aromatic heterocycles. The van der Waals surface area contributed by atoms with Gasteiger partial charge in [-0.2, -0.15) is 0 Å². The summed E-state index contributed by atoms with van der Waals surface area (Å²) in [6.07, 6.45) is 1.72. The molecule has 84 valence electrons. The molecule has 2 N–H and O–H groups in total. The maximum Gasteiger partial charge on any atom is 0.325 e. The Hall–Kier alpha value is -2.07. The molecule has 17 heavy (non-hydrogen) atoms. The smallest absolute Gasteiger partial charge is 0.304 e. The highest BCUT2D eigenvalue weighted by molar-refractivity contribution is 6.30. The van der Waals surface area contributed by atoms with Crippen molar-refractivity contribution in [1.82, 2.24) is 15.0 Å². The molecule has 3 rings (SSSR count). The molecule has 0 spiro atoms. The van der Waals surface area contributed by atoms with Crippen molar-refractivity contribution in [2.45, 2.75) is 0 Å². The van der Waals surface area contributed by atoms with Crippen molar-refractivity contribution in [3.8, 4) is 11.1 Å². The molecule has 0 unspecified atom stereocenters. The molecule has 0 aliphatic heterocycles. The van der Waals surface area contributed by atoms with Gasteiger partial charge in [-0.1, -0.05) is 23.7 Å². The second-order valence-corrected chi connectivity index (χ2v) is 4.14. The highest BCUT2D eigenvalue weighted by Crippen LogP contribution is 2.22. The first kappa shape index (κ1) is 10.1. The molecule has 0 aliphatic carbocycles. The van der Waals surface area contributed by atoms with Crippen molar-refractivity contribution in [3.05, 3.63) is 52.0 Å². The number of fused-ring (bicyclic) bond motifs is 1. The van der Waals surface area contributed by atoms with Crippen molar-refractivity contribution in [2.75, 3.05) is 0 Å². The lowest BCUT2D eigenvalue weighted by molar-refractivity contribution is 1.20. The molecule has 4 nitrogen and oxygen atoms in total. The number of nitrogens with one attached hydrogen (secondary N) is 2. The fourth-order valence-electron chi connectivity index (χ4n) is 1.72. The van der Waals surface area contributed by atoms with Crippen LogP contribution in [0.1, 0.15) is 0 Å². The van der Waals surface area contributed by atoms with Gasteiger partial charge in [0.05, 0.1) is 5.52 Å². The van der Waals surface area contributed by atoms with Crippen LogP contribution in [0.5, 0.6) is 0 Å². The van der Waals surface area contributed by atoms with E-state index in [1.165, 1.54) is 0 Å². The van der Waals surface area contributed by atoms with Crippen LogP contribution in [0.4, 0.5) is 0 Å². The van der Waals surface area contributed by atoms with Crippen LogP contribution < -0.4 is 5.69 Å². The van der Waals surface area contributed by atoms with Gasteiger partial charge in [-0.3, -0.25) is 4.98 Å². The first-order valence-electron chi connectivity index (χ1n) is 5.06. The van der Waals surface area contributed by atoms with E-state index in [1.807, 2.05) is 30.3 Å². The van der Waals surface area contributed by atoms with Crippen molar-refractivity contribution in [1.29, 1.82) is 0 Å². The zero-order valence-electron chi connectivity index (χ0n) is 8.70. The van der Waals surface area contributed by atoms with E-state index in [2.05, 4.69) is 15.0 Å². The largest absolute Gasteiger partial charge is 0.325 e. The van der Waals surface area contributed by atoms with Gasteiger partial charge in [0.15, 0.2) is 5.65 Å². The number of hydrogen-bond acceptors (Lipinski definition) is 2. The Morgan fingerprint density at radius 3 is 2.59 bits per heavy atom. The summed E-state index contributed by atoms with van der Waals surface area (Å²) in [4.78, 5) is 20.6. The Bertz CT molecular complexity index is 727. The van der Waals surface area contributed by atoms with E-state index in [4.69, 9.17) is 11.6 Å². The summed E-state index contributed by atoms with van der Waals surface area (Å²) in [5.41, 5.74) is 2.95. The lowest BCUT2D eigenvalue weighted by Gasteiger charge is -2.00. The van der Waals surface area contributed by atoms with Gasteiger partial charge in [0, 0.05) is 16.8 Å². The first-order chi connectivity index (χ1) is 8.22. The zero-order chi connectivity index (χ0) is 11.8. The summed E-state index contributed by atoms with van der Waals surface area (Å²) in [6.45, 7) is 0. The fourth-order valence-corrected chi connectivity index (χ4v) is 1.85. The fraction of sp³-hybridized carbons (Fsp3) is 0. The molecule has 0 fully saturated rings. The molecule has 0 atom stereocenters. The molecule has 5 heteroatoms. The molecule has 0 amide bonds. The second kappa shape index (κ2) is 3.75. The van der Waals surface area contributed by atoms with Gasteiger partial charge in [0.2, 0.25) is 0 Å². The summed E-state index contributed by atoms with van der Waals surface area (Å²) in [6, 6.07) is 9.34. The predicted octanol–water partition coefficient (Wildman–Crippen LogP) is 2.57. The number of halogens is 1. The van der Waals surface area contributed by atoms with Crippen LogP contribution in [0.15, 0.2) is 41.3 Å². The highest BCUT2D eigenvalue weighted by atomic mass is 35.5. The summed E-state index contributed by atoms with van der Waals surface area (Å²) in [5.74, 6) is 0. The van der Waals surface area contributed by atoms with E-state index in [-0.39, 0.29) is 5.69 Å². The highest BCUT2D eigenvalue weighted by Gasteiger charge is 2.03. The zero-order valence-corrected chi connectivity index (χ0v) is 9.45. The van der Waals surface area contributed by atoms with Gasteiger partial charge >= 0.3 is 5.69 Å².